The van der Waals surface area contributed by atoms with Crippen LogP contribution in [0, 0.1) is 23.2 Å². The highest BCUT2D eigenvalue weighted by Gasteiger charge is 2.59. The molecule has 0 spiro atoms. The topological polar surface area (TPSA) is 78.8 Å². The molecule has 0 bridgehead atoms. The number of hydrogen-bond donors (Lipinski definition) is 1. The molecule has 2 saturated heterocycles. The first kappa shape index (κ1) is 19.9. The Hall–Kier alpha value is -1.99. The number of fused-ring (bicyclic) bond motifs is 2. The van der Waals surface area contributed by atoms with Gasteiger partial charge in [0.25, 0.3) is 0 Å². The molecule has 1 aromatic rings. The number of carbonyl (C=O) groups is 1. The minimum absolute atomic E-state index is 0.115. The molecule has 4 aliphatic rings. The fourth-order valence-electron chi connectivity index (χ4n) is 6.14. The second-order valence-corrected chi connectivity index (χ2v) is 9.64. The van der Waals surface area contributed by atoms with Crippen LogP contribution in [0.15, 0.2) is 30.1 Å². The molecule has 1 saturated carbocycles. The van der Waals surface area contributed by atoms with Crippen LogP contribution in [-0.2, 0) is 9.53 Å². The highest BCUT2D eigenvalue weighted by molar-refractivity contribution is 5.76. The van der Waals surface area contributed by atoms with Gasteiger partial charge in [0.15, 0.2) is 0 Å². The van der Waals surface area contributed by atoms with Gasteiger partial charge >= 0.3 is 5.97 Å². The molecule has 7 heteroatoms. The molecule has 3 heterocycles. The molecule has 0 radical (unpaired) electrons. The number of carbonyl (C=O) groups excluding carboxylic acids is 1. The van der Waals surface area contributed by atoms with E-state index in [1.807, 2.05) is 6.07 Å². The van der Waals surface area contributed by atoms with Crippen LogP contribution in [0.2, 0.25) is 0 Å². The Balaban J connectivity index is 1.28. The van der Waals surface area contributed by atoms with E-state index in [4.69, 9.17) is 4.74 Å². The number of aliphatic hydroxyl groups excluding tert-OH is 1. The smallest absolute Gasteiger partial charge is 0.311 e. The second-order valence-electron chi connectivity index (χ2n) is 9.64. The van der Waals surface area contributed by atoms with Crippen molar-refractivity contribution < 1.29 is 14.6 Å². The van der Waals surface area contributed by atoms with Gasteiger partial charge in [-0.3, -0.25) is 9.69 Å². The lowest BCUT2D eigenvalue weighted by Gasteiger charge is -2.52. The van der Waals surface area contributed by atoms with Crippen LogP contribution in [0.25, 0.3) is 0 Å². The number of hydrogen-bond acceptors (Lipinski definition) is 7. The third kappa shape index (κ3) is 3.14. The fourth-order valence-corrected chi connectivity index (χ4v) is 6.14. The van der Waals surface area contributed by atoms with Gasteiger partial charge < -0.3 is 14.7 Å². The average Bonchev–Trinajstić information content (AvgIpc) is 3.07. The van der Waals surface area contributed by atoms with Crippen molar-refractivity contribution in [3.05, 3.63) is 30.1 Å². The maximum atomic E-state index is 12.8. The first-order valence-corrected chi connectivity index (χ1v) is 11.3. The number of esters is 1. The van der Waals surface area contributed by atoms with E-state index in [1.165, 1.54) is 5.57 Å². The summed E-state index contributed by atoms with van der Waals surface area (Å²) in [4.78, 5) is 26.0. The van der Waals surface area contributed by atoms with Crippen molar-refractivity contribution in [1.29, 1.82) is 0 Å². The number of aliphatic hydroxyl groups is 1. The first-order valence-electron chi connectivity index (χ1n) is 11.3. The minimum Gasteiger partial charge on any atom is -0.461 e. The summed E-state index contributed by atoms with van der Waals surface area (Å²) < 4.78 is 5.81. The summed E-state index contributed by atoms with van der Waals surface area (Å²) >= 11 is 0. The van der Waals surface area contributed by atoms with Gasteiger partial charge in [0.1, 0.15) is 6.10 Å². The van der Waals surface area contributed by atoms with Crippen molar-refractivity contribution in [2.45, 2.75) is 45.3 Å². The van der Waals surface area contributed by atoms with Crippen molar-refractivity contribution in [3.63, 3.8) is 0 Å². The number of piperazine rings is 1. The molecule has 7 nitrogen and oxygen atoms in total. The average molecular weight is 413 g/mol. The van der Waals surface area contributed by atoms with Gasteiger partial charge in [0, 0.05) is 62.9 Å². The molecular formula is C23H32N4O3. The highest BCUT2D eigenvalue weighted by Crippen LogP contribution is 2.56. The molecule has 0 aromatic carbocycles. The largest absolute Gasteiger partial charge is 0.461 e. The van der Waals surface area contributed by atoms with E-state index in [1.54, 1.807) is 12.4 Å². The number of aromatic nitrogens is 2. The molecule has 5 rings (SSSR count). The molecule has 6 atom stereocenters. The van der Waals surface area contributed by atoms with Gasteiger partial charge in [0.05, 0.1) is 12.0 Å². The lowest BCUT2D eigenvalue weighted by Crippen LogP contribution is -2.55. The lowest BCUT2D eigenvalue weighted by atomic mass is 9.55. The van der Waals surface area contributed by atoms with Gasteiger partial charge in [-0.1, -0.05) is 25.5 Å². The quantitative estimate of drug-likeness (QED) is 0.600. The van der Waals surface area contributed by atoms with Gasteiger partial charge in [-0.05, 0) is 24.8 Å². The van der Waals surface area contributed by atoms with Crippen LogP contribution in [0.1, 0.15) is 33.1 Å². The molecule has 30 heavy (non-hydrogen) atoms. The summed E-state index contributed by atoms with van der Waals surface area (Å²) in [5.41, 5.74) is 1.05. The van der Waals surface area contributed by atoms with E-state index < -0.39 is 6.10 Å². The van der Waals surface area contributed by atoms with Gasteiger partial charge in [-0.2, -0.15) is 0 Å². The third-order valence-corrected chi connectivity index (χ3v) is 8.23. The van der Waals surface area contributed by atoms with Gasteiger partial charge in [-0.15, -0.1) is 0 Å². The first-order chi connectivity index (χ1) is 14.5. The summed E-state index contributed by atoms with van der Waals surface area (Å²) in [6.07, 6.45) is 8.04. The Morgan fingerprint density at radius 2 is 1.97 bits per heavy atom. The standard InChI is InChI=1S/C23H32N4O3/c1-15-5-3-6-16-13-18-19(20(28)23(15,16)2)17(21(29)30-18)14-26-9-11-27(12-10-26)22-24-7-4-8-25-22/h4,6-8,15,17-20,28H,3,5,9-14H2,1-2H3/t15-,17+,18+,19-,20-,23+/m0/s1. The maximum absolute atomic E-state index is 12.8. The number of ether oxygens (including phenoxy) is 1. The molecule has 0 unspecified atom stereocenters. The van der Waals surface area contributed by atoms with Crippen LogP contribution in [-0.4, -0.2) is 70.9 Å². The maximum Gasteiger partial charge on any atom is 0.311 e. The Kier molecular flexibility index (Phi) is 5.06. The number of anilines is 1. The van der Waals surface area contributed by atoms with E-state index >= 15 is 0 Å². The van der Waals surface area contributed by atoms with Crippen molar-refractivity contribution in [3.8, 4) is 0 Å². The zero-order valence-corrected chi connectivity index (χ0v) is 17.9. The van der Waals surface area contributed by atoms with Crippen molar-refractivity contribution >= 4 is 11.9 Å². The van der Waals surface area contributed by atoms with Gasteiger partial charge in [0.2, 0.25) is 5.95 Å². The van der Waals surface area contributed by atoms with E-state index in [0.29, 0.717) is 12.5 Å². The van der Waals surface area contributed by atoms with Crippen molar-refractivity contribution in [2.24, 2.45) is 23.2 Å². The van der Waals surface area contributed by atoms with Gasteiger partial charge in [-0.25, -0.2) is 9.97 Å². The predicted octanol–water partition coefficient (Wildman–Crippen LogP) is 1.88. The van der Waals surface area contributed by atoms with E-state index in [9.17, 15) is 9.90 Å². The normalized spacial score (nSPS) is 39.2. The highest BCUT2D eigenvalue weighted by atomic mass is 16.6. The van der Waals surface area contributed by atoms with Crippen molar-refractivity contribution in [2.75, 3.05) is 37.6 Å². The molecule has 1 aromatic heterocycles. The lowest BCUT2D eigenvalue weighted by molar-refractivity contribution is -0.145. The third-order valence-electron chi connectivity index (χ3n) is 8.23. The molecular weight excluding hydrogens is 380 g/mol. The summed E-state index contributed by atoms with van der Waals surface area (Å²) in [5, 5.41) is 11.5. The number of rotatable bonds is 3. The second kappa shape index (κ2) is 7.61. The Morgan fingerprint density at radius 1 is 1.23 bits per heavy atom. The van der Waals surface area contributed by atoms with Crippen LogP contribution in [0.3, 0.4) is 0 Å². The van der Waals surface area contributed by atoms with Crippen molar-refractivity contribution in [1.82, 2.24) is 14.9 Å². The number of nitrogens with zero attached hydrogens (tertiary/aromatic N) is 4. The number of allylic oxidation sites excluding steroid dienone is 1. The molecule has 162 valence electrons. The van der Waals surface area contributed by atoms with Crippen LogP contribution in [0.4, 0.5) is 5.95 Å². The van der Waals surface area contributed by atoms with E-state index in [2.05, 4.69) is 39.7 Å². The molecule has 0 amide bonds. The zero-order chi connectivity index (χ0) is 20.9. The summed E-state index contributed by atoms with van der Waals surface area (Å²) in [7, 11) is 0. The zero-order valence-electron chi connectivity index (χ0n) is 17.9. The molecule has 1 N–H and O–H groups in total. The van der Waals surface area contributed by atoms with E-state index in [0.717, 1.165) is 51.4 Å². The summed E-state index contributed by atoms with van der Waals surface area (Å²) in [5.74, 6) is 0.680. The summed E-state index contributed by atoms with van der Waals surface area (Å²) in [6.45, 7) is 8.48. The van der Waals surface area contributed by atoms with E-state index in [-0.39, 0.29) is 29.3 Å². The van der Waals surface area contributed by atoms with Crippen LogP contribution in [0.5, 0.6) is 0 Å². The molecule has 3 fully saturated rings. The summed E-state index contributed by atoms with van der Waals surface area (Å²) in [6, 6.07) is 1.83. The van der Waals surface area contributed by atoms with Crippen LogP contribution >= 0.6 is 0 Å². The molecule has 2 aliphatic heterocycles. The Labute approximate surface area is 178 Å². The SMILES string of the molecule is C[C@H]1CCC=C2C[C@H]3OC(=O)[C@H](CN4CCN(c5ncccn5)CC4)[C@@H]3[C@H](O)[C@@]21C. The monoisotopic (exact) mass is 412 g/mol. The Bertz CT molecular complexity index is 823. The molecule has 2 aliphatic carbocycles. The fraction of sp³-hybridized carbons (Fsp3) is 0.696. The Morgan fingerprint density at radius 3 is 2.70 bits per heavy atom. The minimum atomic E-state index is -0.534. The predicted molar refractivity (Wildman–Crippen MR) is 113 cm³/mol. The van der Waals surface area contributed by atoms with Crippen LogP contribution < -0.4 is 4.90 Å².